The minimum absolute atomic E-state index is 0.0182. The first kappa shape index (κ1) is 17.5. The number of nitrogens with zero attached hydrogens (tertiary/aromatic N) is 4. The second kappa shape index (κ2) is 7.12. The van der Waals surface area contributed by atoms with Crippen LogP contribution < -0.4 is 9.64 Å². The van der Waals surface area contributed by atoms with Gasteiger partial charge in [-0.1, -0.05) is 6.92 Å². The molecular formula is C14H22N4O4S. The molecule has 0 atom stereocenters. The lowest BCUT2D eigenvalue weighted by molar-refractivity contribution is -0.128. The predicted octanol–water partition coefficient (Wildman–Crippen LogP) is -0.123. The van der Waals surface area contributed by atoms with E-state index < -0.39 is 15.6 Å². The third-order valence-corrected chi connectivity index (χ3v) is 5.29. The number of ether oxygens (including phenoxy) is 1. The molecule has 1 fully saturated rings. The predicted molar refractivity (Wildman–Crippen MR) is 86.4 cm³/mol. The summed E-state index contributed by atoms with van der Waals surface area (Å²) in [6.45, 7) is 5.44. The van der Waals surface area contributed by atoms with E-state index in [-0.39, 0.29) is 11.7 Å². The first-order chi connectivity index (χ1) is 10.8. The Morgan fingerprint density at radius 3 is 2.48 bits per heavy atom. The summed E-state index contributed by atoms with van der Waals surface area (Å²) in [4.78, 5) is 24.3. The highest BCUT2D eigenvalue weighted by Crippen LogP contribution is 2.17. The van der Waals surface area contributed by atoms with Crippen LogP contribution in [0.25, 0.3) is 0 Å². The molecule has 1 aromatic heterocycles. The molecule has 1 aliphatic rings. The lowest BCUT2D eigenvalue weighted by Crippen LogP contribution is -2.50. The second-order valence-corrected chi connectivity index (χ2v) is 7.75. The Hall–Kier alpha value is -1.90. The van der Waals surface area contributed by atoms with Gasteiger partial charge >= 0.3 is 0 Å². The molecule has 0 radical (unpaired) electrons. The molecule has 128 valence electrons. The van der Waals surface area contributed by atoms with Gasteiger partial charge in [0.05, 0.1) is 7.11 Å². The second-order valence-electron chi connectivity index (χ2n) is 5.40. The molecule has 8 nitrogen and oxygen atoms in total. The Labute approximate surface area is 136 Å². The summed E-state index contributed by atoms with van der Waals surface area (Å²) in [5, 5.41) is 0. The van der Waals surface area contributed by atoms with E-state index in [2.05, 4.69) is 9.97 Å². The normalized spacial score (nSPS) is 15.6. The number of rotatable bonds is 5. The highest BCUT2D eigenvalue weighted by atomic mass is 32.2. The molecule has 1 amide bonds. The van der Waals surface area contributed by atoms with Crippen LogP contribution in [0.3, 0.4) is 0 Å². The van der Waals surface area contributed by atoms with Gasteiger partial charge in [-0.15, -0.1) is 0 Å². The fraction of sp³-hybridized carbons (Fsp3) is 0.643. The van der Waals surface area contributed by atoms with Crippen molar-refractivity contribution < 1.29 is 17.9 Å². The van der Waals surface area contributed by atoms with Crippen molar-refractivity contribution in [3.63, 3.8) is 0 Å². The first-order valence-corrected chi connectivity index (χ1v) is 9.29. The monoisotopic (exact) mass is 342 g/mol. The van der Waals surface area contributed by atoms with Gasteiger partial charge in [-0.3, -0.25) is 4.79 Å². The average Bonchev–Trinajstić information content (AvgIpc) is 2.54. The van der Waals surface area contributed by atoms with Crippen LogP contribution in [0, 0.1) is 6.92 Å². The molecule has 0 spiro atoms. The minimum Gasteiger partial charge on any atom is -0.481 e. The standard InChI is InChI=1S/C14H22N4O4S/c1-4-23(20,21)10-13(19)17-5-7-18(8-6-17)14-15-11(2)9-12(16-14)22-3/h9H,4-8,10H2,1-3H3. The maximum absolute atomic E-state index is 12.0. The molecule has 1 aliphatic heterocycles. The van der Waals surface area contributed by atoms with Crippen molar-refractivity contribution in [1.29, 1.82) is 0 Å². The topological polar surface area (TPSA) is 92.7 Å². The smallest absolute Gasteiger partial charge is 0.237 e. The van der Waals surface area contributed by atoms with Gasteiger partial charge in [0.2, 0.25) is 17.7 Å². The molecule has 0 N–H and O–H groups in total. The number of amides is 1. The number of hydrogen-bond donors (Lipinski definition) is 0. The first-order valence-electron chi connectivity index (χ1n) is 7.47. The summed E-state index contributed by atoms with van der Waals surface area (Å²) in [5.41, 5.74) is 0.805. The molecule has 23 heavy (non-hydrogen) atoms. The van der Waals surface area contributed by atoms with E-state index >= 15 is 0 Å². The van der Waals surface area contributed by atoms with Crippen LogP contribution in [0.15, 0.2) is 6.07 Å². The Morgan fingerprint density at radius 1 is 1.26 bits per heavy atom. The van der Waals surface area contributed by atoms with E-state index in [0.717, 1.165) is 5.69 Å². The zero-order valence-corrected chi connectivity index (χ0v) is 14.5. The van der Waals surface area contributed by atoms with Gasteiger partial charge in [-0.25, -0.2) is 13.4 Å². The fourth-order valence-electron chi connectivity index (χ4n) is 2.31. The Bertz CT molecular complexity index is 669. The largest absolute Gasteiger partial charge is 0.481 e. The molecule has 1 aromatic rings. The van der Waals surface area contributed by atoms with Gasteiger partial charge in [0.25, 0.3) is 0 Å². The molecule has 0 unspecified atom stereocenters. The number of aryl methyl sites for hydroxylation is 1. The lowest BCUT2D eigenvalue weighted by Gasteiger charge is -2.34. The average molecular weight is 342 g/mol. The van der Waals surface area contributed by atoms with Crippen molar-refractivity contribution in [3.05, 3.63) is 11.8 Å². The molecule has 0 bridgehead atoms. The molecule has 1 saturated heterocycles. The fourth-order valence-corrected chi connectivity index (χ4v) is 3.07. The summed E-state index contributed by atoms with van der Waals surface area (Å²) < 4.78 is 28.3. The highest BCUT2D eigenvalue weighted by Gasteiger charge is 2.25. The number of methoxy groups -OCH3 is 1. The number of piperazine rings is 1. The van der Waals surface area contributed by atoms with Crippen molar-refractivity contribution in [3.8, 4) is 5.88 Å². The SMILES string of the molecule is CCS(=O)(=O)CC(=O)N1CCN(c2nc(C)cc(OC)n2)CC1. The molecule has 0 aromatic carbocycles. The van der Waals surface area contributed by atoms with Crippen LogP contribution >= 0.6 is 0 Å². The summed E-state index contributed by atoms with van der Waals surface area (Å²) in [6, 6.07) is 1.75. The van der Waals surface area contributed by atoms with Gasteiger partial charge in [-0.05, 0) is 6.92 Å². The van der Waals surface area contributed by atoms with E-state index in [4.69, 9.17) is 4.74 Å². The van der Waals surface area contributed by atoms with Gasteiger partial charge in [0.15, 0.2) is 9.84 Å². The Balaban J connectivity index is 1.98. The van der Waals surface area contributed by atoms with Crippen molar-refractivity contribution in [2.24, 2.45) is 0 Å². The summed E-state index contributed by atoms with van der Waals surface area (Å²) in [7, 11) is -1.74. The van der Waals surface area contributed by atoms with Gasteiger partial charge in [0, 0.05) is 43.7 Å². The quantitative estimate of drug-likeness (QED) is 0.736. The molecular weight excluding hydrogens is 320 g/mol. The van der Waals surface area contributed by atoms with Crippen LogP contribution in [0.4, 0.5) is 5.95 Å². The Kier molecular flexibility index (Phi) is 5.40. The van der Waals surface area contributed by atoms with E-state index in [9.17, 15) is 13.2 Å². The molecule has 9 heteroatoms. The van der Waals surface area contributed by atoms with Crippen LogP contribution in [0.1, 0.15) is 12.6 Å². The van der Waals surface area contributed by atoms with E-state index in [1.165, 1.54) is 0 Å². The zero-order valence-electron chi connectivity index (χ0n) is 13.7. The number of anilines is 1. The zero-order chi connectivity index (χ0) is 17.0. The van der Waals surface area contributed by atoms with Crippen LogP contribution in [-0.4, -0.2) is 74.0 Å². The summed E-state index contributed by atoms with van der Waals surface area (Å²) in [6.07, 6.45) is 0. The summed E-state index contributed by atoms with van der Waals surface area (Å²) >= 11 is 0. The maximum Gasteiger partial charge on any atom is 0.237 e. The number of aromatic nitrogens is 2. The van der Waals surface area contributed by atoms with Crippen molar-refractivity contribution in [2.75, 3.05) is 49.7 Å². The van der Waals surface area contributed by atoms with Crippen molar-refractivity contribution in [2.45, 2.75) is 13.8 Å². The Morgan fingerprint density at radius 2 is 1.91 bits per heavy atom. The number of carbonyl (C=O) groups excluding carboxylic acids is 1. The van der Waals surface area contributed by atoms with E-state index in [0.29, 0.717) is 38.0 Å². The molecule has 0 saturated carbocycles. The summed E-state index contributed by atoms with van der Waals surface area (Å²) in [5.74, 6) is 0.290. The van der Waals surface area contributed by atoms with Crippen LogP contribution in [0.2, 0.25) is 0 Å². The maximum atomic E-state index is 12.0. The third kappa shape index (κ3) is 4.54. The van der Waals surface area contributed by atoms with Crippen molar-refractivity contribution in [1.82, 2.24) is 14.9 Å². The molecule has 2 heterocycles. The van der Waals surface area contributed by atoms with Crippen LogP contribution in [-0.2, 0) is 14.6 Å². The van der Waals surface area contributed by atoms with Gasteiger partial charge < -0.3 is 14.5 Å². The van der Waals surface area contributed by atoms with Gasteiger partial charge in [-0.2, -0.15) is 4.98 Å². The van der Waals surface area contributed by atoms with Crippen molar-refractivity contribution >= 4 is 21.7 Å². The van der Waals surface area contributed by atoms with E-state index in [1.807, 2.05) is 11.8 Å². The van der Waals surface area contributed by atoms with Gasteiger partial charge in [0.1, 0.15) is 5.75 Å². The molecule has 0 aliphatic carbocycles. The number of sulfone groups is 1. The highest BCUT2D eigenvalue weighted by molar-refractivity contribution is 7.92. The lowest BCUT2D eigenvalue weighted by atomic mass is 10.3. The molecule has 2 rings (SSSR count). The van der Waals surface area contributed by atoms with E-state index in [1.54, 1.807) is 25.0 Å². The number of carbonyl (C=O) groups is 1. The minimum atomic E-state index is -3.29. The third-order valence-electron chi connectivity index (χ3n) is 3.73. The number of hydrogen-bond acceptors (Lipinski definition) is 7. The van der Waals surface area contributed by atoms with Crippen LogP contribution in [0.5, 0.6) is 5.88 Å².